The molecule has 0 aliphatic heterocycles. The highest BCUT2D eigenvalue weighted by molar-refractivity contribution is 9.10. The Morgan fingerprint density at radius 2 is 1.31 bits per heavy atom. The minimum absolute atomic E-state index is 0.0704. The van der Waals surface area contributed by atoms with E-state index in [-0.39, 0.29) is 5.56 Å². The molecule has 0 fully saturated rings. The molecule has 0 aliphatic carbocycles. The van der Waals surface area contributed by atoms with Crippen molar-refractivity contribution in [2.45, 2.75) is 0 Å². The largest absolute Gasteiger partial charge is 0.456 e. The van der Waals surface area contributed by atoms with Gasteiger partial charge >= 0.3 is 0 Å². The normalized spacial score (nSPS) is 12.0. The molecule has 0 aliphatic rings. The lowest BCUT2D eigenvalue weighted by Crippen LogP contribution is -2.21. The Morgan fingerprint density at radius 1 is 0.656 bits per heavy atom. The van der Waals surface area contributed by atoms with Gasteiger partial charge in [0.15, 0.2) is 0 Å². The fraction of sp³-hybridized carbons (Fsp3) is 0. The van der Waals surface area contributed by atoms with E-state index in [9.17, 15) is 4.79 Å². The van der Waals surface area contributed by atoms with Gasteiger partial charge in [0.1, 0.15) is 16.7 Å². The van der Waals surface area contributed by atoms with Crippen molar-refractivity contribution in [1.29, 1.82) is 0 Å². The number of benzene rings is 4. The predicted molar refractivity (Wildman–Crippen MR) is 133 cm³/mol. The molecule has 0 bridgehead atoms. The van der Waals surface area contributed by atoms with E-state index in [0.29, 0.717) is 5.52 Å². The van der Waals surface area contributed by atoms with Gasteiger partial charge in [0.05, 0.1) is 26.7 Å². The molecule has 0 atom stereocenters. The quantitative estimate of drug-likeness (QED) is 0.253. The van der Waals surface area contributed by atoms with E-state index in [1.54, 1.807) is 4.57 Å². The maximum Gasteiger partial charge on any atom is 0.281 e. The molecule has 0 spiro atoms. The topological polar surface area (TPSA) is 39.5 Å². The van der Waals surface area contributed by atoms with Crippen LogP contribution in [0.3, 0.4) is 0 Å². The molecule has 152 valence electrons. The van der Waals surface area contributed by atoms with Gasteiger partial charge in [-0.25, -0.2) is 0 Å². The monoisotopic (exact) mass is 478 g/mol. The molecular formula is C27H15BrN2O2. The number of para-hydroxylation sites is 4. The van der Waals surface area contributed by atoms with Gasteiger partial charge in [-0.2, -0.15) is 0 Å². The Kier molecular flexibility index (Phi) is 3.53. The van der Waals surface area contributed by atoms with E-state index in [4.69, 9.17) is 4.42 Å². The minimum atomic E-state index is -0.0704. The van der Waals surface area contributed by atoms with E-state index in [2.05, 4.69) is 26.4 Å². The van der Waals surface area contributed by atoms with Crippen LogP contribution in [0.2, 0.25) is 0 Å². The molecule has 32 heavy (non-hydrogen) atoms. The van der Waals surface area contributed by atoms with Gasteiger partial charge in [-0.05, 0) is 58.4 Å². The van der Waals surface area contributed by atoms with Crippen LogP contribution in [-0.4, -0.2) is 8.97 Å². The molecule has 0 N–H and O–H groups in total. The van der Waals surface area contributed by atoms with Crippen molar-refractivity contribution < 1.29 is 4.42 Å². The van der Waals surface area contributed by atoms with E-state index < -0.39 is 0 Å². The smallest absolute Gasteiger partial charge is 0.281 e. The van der Waals surface area contributed by atoms with Crippen molar-refractivity contribution in [2.75, 3.05) is 0 Å². The van der Waals surface area contributed by atoms with Crippen LogP contribution in [0.4, 0.5) is 0 Å². The molecule has 0 amide bonds. The summed E-state index contributed by atoms with van der Waals surface area (Å²) in [5.74, 6) is 0. The predicted octanol–water partition coefficient (Wildman–Crippen LogP) is 7.06. The second kappa shape index (κ2) is 6.34. The van der Waals surface area contributed by atoms with Crippen molar-refractivity contribution in [3.63, 3.8) is 0 Å². The number of fused-ring (bicyclic) bond motifs is 8. The van der Waals surface area contributed by atoms with Crippen LogP contribution in [0.15, 0.2) is 105 Å². The average molecular weight is 479 g/mol. The van der Waals surface area contributed by atoms with Gasteiger partial charge in [-0.1, -0.05) is 48.5 Å². The van der Waals surface area contributed by atoms with Crippen LogP contribution in [-0.2, 0) is 0 Å². The third-order valence-corrected chi connectivity index (χ3v) is 7.00. The van der Waals surface area contributed by atoms with Gasteiger partial charge < -0.3 is 8.82 Å². The zero-order chi connectivity index (χ0) is 21.4. The van der Waals surface area contributed by atoms with E-state index in [0.717, 1.165) is 54.0 Å². The minimum Gasteiger partial charge on any atom is -0.456 e. The summed E-state index contributed by atoms with van der Waals surface area (Å²) < 4.78 is 10.7. The number of aromatic nitrogens is 2. The van der Waals surface area contributed by atoms with Gasteiger partial charge in [0.25, 0.3) is 5.56 Å². The first kappa shape index (κ1) is 17.8. The number of furan rings is 1. The Labute approximate surface area is 190 Å². The highest BCUT2D eigenvalue weighted by Crippen LogP contribution is 2.34. The lowest BCUT2D eigenvalue weighted by molar-refractivity contribution is 0.669. The molecule has 5 heteroatoms. The lowest BCUT2D eigenvalue weighted by Gasteiger charge is -2.13. The Balaban J connectivity index is 1.68. The Hall–Kier alpha value is -3.83. The maximum atomic E-state index is 14.0. The number of hydrogen-bond donors (Lipinski definition) is 0. The van der Waals surface area contributed by atoms with Gasteiger partial charge in [-0.3, -0.25) is 9.36 Å². The first-order chi connectivity index (χ1) is 15.7. The average Bonchev–Trinajstić information content (AvgIpc) is 3.35. The van der Waals surface area contributed by atoms with E-state index in [1.807, 2.05) is 84.9 Å². The number of nitrogens with zero attached hydrogens (tertiary/aromatic N) is 2. The van der Waals surface area contributed by atoms with E-state index in [1.165, 1.54) is 0 Å². The Morgan fingerprint density at radius 3 is 2.16 bits per heavy atom. The van der Waals surface area contributed by atoms with Gasteiger partial charge in [0.2, 0.25) is 0 Å². The molecule has 0 saturated heterocycles. The molecule has 7 aromatic rings. The summed E-state index contributed by atoms with van der Waals surface area (Å²) in [4.78, 5) is 14.0. The number of halogens is 1. The maximum absolute atomic E-state index is 14.0. The Bertz CT molecular complexity index is 1920. The molecule has 3 aromatic heterocycles. The highest BCUT2D eigenvalue weighted by Gasteiger charge is 2.19. The fourth-order valence-electron chi connectivity index (χ4n) is 4.81. The summed E-state index contributed by atoms with van der Waals surface area (Å²) in [6.45, 7) is 0. The van der Waals surface area contributed by atoms with Crippen LogP contribution < -0.4 is 5.56 Å². The van der Waals surface area contributed by atoms with Crippen LogP contribution in [0.1, 0.15) is 0 Å². The highest BCUT2D eigenvalue weighted by atomic mass is 79.9. The van der Waals surface area contributed by atoms with Crippen LogP contribution in [0.5, 0.6) is 0 Å². The second-order valence-corrected chi connectivity index (χ2v) is 8.72. The third kappa shape index (κ3) is 2.23. The summed E-state index contributed by atoms with van der Waals surface area (Å²) in [5.41, 5.74) is 5.85. The van der Waals surface area contributed by atoms with E-state index >= 15 is 0 Å². The van der Waals surface area contributed by atoms with Crippen LogP contribution in [0.25, 0.3) is 55.1 Å². The molecule has 0 radical (unpaired) electrons. The van der Waals surface area contributed by atoms with Crippen molar-refractivity contribution >= 4 is 65.3 Å². The van der Waals surface area contributed by atoms with Crippen LogP contribution in [0, 0.1) is 0 Å². The number of rotatable bonds is 1. The summed E-state index contributed by atoms with van der Waals surface area (Å²) in [5, 5.41) is 3.05. The standard InChI is InChI=1S/C27H15BrN2O2/c28-25-18-8-1-3-9-20(18)30-22-11-5-4-10-21(22)29(27(31)26(25)30)16-13-14-24-19(15-16)17-7-2-6-12-23(17)32-24/h1-15H. The summed E-state index contributed by atoms with van der Waals surface area (Å²) in [6.07, 6.45) is 0. The molecule has 7 rings (SSSR count). The molecule has 3 heterocycles. The van der Waals surface area contributed by atoms with Gasteiger partial charge in [0, 0.05) is 16.2 Å². The summed E-state index contributed by atoms with van der Waals surface area (Å²) in [6, 6.07) is 30.0. The van der Waals surface area contributed by atoms with Gasteiger partial charge in [-0.15, -0.1) is 0 Å². The third-order valence-electron chi connectivity index (χ3n) is 6.20. The molecule has 4 nitrogen and oxygen atoms in total. The van der Waals surface area contributed by atoms with Crippen molar-refractivity contribution in [3.8, 4) is 5.69 Å². The first-order valence-electron chi connectivity index (χ1n) is 10.4. The van der Waals surface area contributed by atoms with Crippen molar-refractivity contribution in [2.24, 2.45) is 0 Å². The zero-order valence-electron chi connectivity index (χ0n) is 16.7. The molecule has 0 saturated carbocycles. The molecule has 0 unspecified atom stereocenters. The number of hydrogen-bond acceptors (Lipinski definition) is 2. The lowest BCUT2D eigenvalue weighted by atomic mass is 10.1. The van der Waals surface area contributed by atoms with Crippen LogP contribution >= 0.6 is 15.9 Å². The molecular weight excluding hydrogens is 464 g/mol. The summed E-state index contributed by atoms with van der Waals surface area (Å²) >= 11 is 3.71. The second-order valence-electron chi connectivity index (χ2n) is 7.92. The summed E-state index contributed by atoms with van der Waals surface area (Å²) in [7, 11) is 0. The first-order valence-corrected chi connectivity index (χ1v) is 11.2. The van der Waals surface area contributed by atoms with Crippen molar-refractivity contribution in [3.05, 3.63) is 106 Å². The zero-order valence-corrected chi connectivity index (χ0v) is 18.3. The SMILES string of the molecule is O=c1c2c(Br)c3ccccc3n2c2ccccc2n1-c1ccc2oc3ccccc3c2c1. The van der Waals surface area contributed by atoms with Crippen molar-refractivity contribution in [1.82, 2.24) is 8.97 Å². The fourth-order valence-corrected chi connectivity index (χ4v) is 5.49. The molecule has 4 aromatic carbocycles.